The lowest BCUT2D eigenvalue weighted by Gasteiger charge is -2.07. The number of hydrogen-bond donors (Lipinski definition) is 1. The van der Waals surface area contributed by atoms with Crippen LogP contribution in [0.15, 0.2) is 82.9 Å². The van der Waals surface area contributed by atoms with Crippen LogP contribution in [0.25, 0.3) is 10.9 Å². The van der Waals surface area contributed by atoms with Crippen molar-refractivity contribution in [3.8, 4) is 5.75 Å². The molecule has 0 atom stereocenters. The molecule has 1 heterocycles. The molecule has 1 N–H and O–H groups in total. The van der Waals surface area contributed by atoms with Crippen LogP contribution in [0.4, 0.5) is 0 Å². The van der Waals surface area contributed by atoms with Crippen LogP contribution in [0.3, 0.4) is 0 Å². The fraction of sp³-hybridized carbons (Fsp3) is 0.120. The molecular formula is C25H23N3O4S. The molecule has 1 amide bonds. The summed E-state index contributed by atoms with van der Waals surface area (Å²) < 4.78 is 33.1. The summed E-state index contributed by atoms with van der Waals surface area (Å²) in [7, 11) is -2.31. The Morgan fingerprint density at radius 1 is 1.00 bits per heavy atom. The van der Waals surface area contributed by atoms with Crippen molar-refractivity contribution in [1.82, 2.24) is 9.40 Å². The van der Waals surface area contributed by atoms with Crippen LogP contribution in [-0.4, -0.2) is 31.6 Å². The fourth-order valence-corrected chi connectivity index (χ4v) is 4.89. The number of hydrogen-bond acceptors (Lipinski definition) is 5. The number of carbonyl (C=O) groups excluding carboxylic acids is 1. The van der Waals surface area contributed by atoms with E-state index in [-0.39, 0.29) is 4.90 Å². The van der Waals surface area contributed by atoms with Gasteiger partial charge in [0.05, 0.1) is 29.3 Å². The van der Waals surface area contributed by atoms with Crippen molar-refractivity contribution in [1.29, 1.82) is 0 Å². The number of nitrogens with one attached hydrogen (secondary N) is 1. The Labute approximate surface area is 192 Å². The molecule has 0 aliphatic rings. The molecule has 3 aromatic carbocycles. The quantitative estimate of drug-likeness (QED) is 0.343. The number of rotatable bonds is 6. The maximum atomic E-state index is 13.3. The van der Waals surface area contributed by atoms with Crippen molar-refractivity contribution in [2.24, 2.45) is 5.10 Å². The van der Waals surface area contributed by atoms with E-state index in [4.69, 9.17) is 4.74 Å². The van der Waals surface area contributed by atoms with E-state index in [9.17, 15) is 13.2 Å². The molecule has 0 bridgehead atoms. The van der Waals surface area contributed by atoms with Gasteiger partial charge in [-0.25, -0.2) is 17.8 Å². The van der Waals surface area contributed by atoms with Gasteiger partial charge in [-0.15, -0.1) is 0 Å². The van der Waals surface area contributed by atoms with Gasteiger partial charge in [0.25, 0.3) is 15.9 Å². The Morgan fingerprint density at radius 2 is 1.70 bits per heavy atom. The Kier molecular flexibility index (Phi) is 6.02. The second kappa shape index (κ2) is 8.91. The van der Waals surface area contributed by atoms with Crippen LogP contribution in [-0.2, 0) is 10.0 Å². The van der Waals surface area contributed by atoms with Gasteiger partial charge in [0.15, 0.2) is 0 Å². The number of methoxy groups -OCH3 is 1. The lowest BCUT2D eigenvalue weighted by Crippen LogP contribution is -2.18. The number of aryl methyl sites for hydroxylation is 2. The molecule has 33 heavy (non-hydrogen) atoms. The Hall–Kier alpha value is -3.91. The molecule has 7 nitrogen and oxygen atoms in total. The third-order valence-electron chi connectivity index (χ3n) is 5.26. The minimum Gasteiger partial charge on any atom is -0.496 e. The third-order valence-corrected chi connectivity index (χ3v) is 6.95. The van der Waals surface area contributed by atoms with E-state index in [2.05, 4.69) is 10.5 Å². The zero-order valence-corrected chi connectivity index (χ0v) is 19.3. The number of ether oxygens (including phenoxy) is 1. The van der Waals surface area contributed by atoms with E-state index in [1.807, 2.05) is 32.0 Å². The summed E-state index contributed by atoms with van der Waals surface area (Å²) in [6.07, 6.45) is 2.93. The molecule has 1 aromatic heterocycles. The van der Waals surface area contributed by atoms with Crippen molar-refractivity contribution < 1.29 is 17.9 Å². The monoisotopic (exact) mass is 461 g/mol. The van der Waals surface area contributed by atoms with E-state index in [0.717, 1.165) is 11.1 Å². The highest BCUT2D eigenvalue weighted by molar-refractivity contribution is 7.90. The van der Waals surface area contributed by atoms with Crippen molar-refractivity contribution >= 4 is 33.0 Å². The first-order valence-corrected chi connectivity index (χ1v) is 11.7. The number of hydrazone groups is 1. The first-order chi connectivity index (χ1) is 15.8. The number of aromatic nitrogens is 1. The predicted molar refractivity (Wildman–Crippen MR) is 128 cm³/mol. The van der Waals surface area contributed by atoms with Crippen LogP contribution in [0, 0.1) is 13.8 Å². The maximum absolute atomic E-state index is 13.3. The molecule has 0 saturated carbocycles. The van der Waals surface area contributed by atoms with Crippen LogP contribution in [0.2, 0.25) is 0 Å². The molecular weight excluding hydrogens is 438 g/mol. The molecule has 4 aromatic rings. The van der Waals surface area contributed by atoms with E-state index >= 15 is 0 Å². The molecule has 0 saturated heterocycles. The molecule has 8 heteroatoms. The number of carbonyl (C=O) groups is 1. The van der Waals surface area contributed by atoms with Crippen molar-refractivity contribution in [2.75, 3.05) is 7.11 Å². The van der Waals surface area contributed by atoms with Gasteiger partial charge in [-0.05, 0) is 49.7 Å². The normalized spacial score (nSPS) is 11.7. The topological polar surface area (TPSA) is 89.8 Å². The van der Waals surface area contributed by atoms with Crippen LogP contribution >= 0.6 is 0 Å². The van der Waals surface area contributed by atoms with Gasteiger partial charge >= 0.3 is 0 Å². The van der Waals surface area contributed by atoms with Crippen molar-refractivity contribution in [3.63, 3.8) is 0 Å². The van der Waals surface area contributed by atoms with E-state index in [1.165, 1.54) is 23.5 Å². The number of para-hydroxylation sites is 1. The second-order valence-electron chi connectivity index (χ2n) is 7.62. The number of fused-ring (bicyclic) bond motifs is 1. The molecule has 0 unspecified atom stereocenters. The lowest BCUT2D eigenvalue weighted by molar-refractivity contribution is 0.0952. The van der Waals surface area contributed by atoms with E-state index in [0.29, 0.717) is 27.8 Å². The molecule has 0 aliphatic carbocycles. The zero-order chi connectivity index (χ0) is 23.6. The minimum atomic E-state index is -3.81. The summed E-state index contributed by atoms with van der Waals surface area (Å²) in [5.74, 6) is 0.0163. The molecule has 0 radical (unpaired) electrons. The third kappa shape index (κ3) is 4.38. The van der Waals surface area contributed by atoms with Crippen LogP contribution < -0.4 is 10.2 Å². The first kappa shape index (κ1) is 22.3. The smallest absolute Gasteiger partial charge is 0.275 e. The summed E-state index contributed by atoms with van der Waals surface area (Å²) in [4.78, 5) is 12.8. The highest BCUT2D eigenvalue weighted by atomic mass is 32.2. The molecule has 168 valence electrons. The lowest BCUT2D eigenvalue weighted by atomic mass is 10.1. The van der Waals surface area contributed by atoms with Gasteiger partial charge in [-0.2, -0.15) is 5.10 Å². The second-order valence-corrected chi connectivity index (χ2v) is 9.43. The summed E-state index contributed by atoms with van der Waals surface area (Å²) in [6, 6.07) is 19.1. The molecule has 0 aliphatic heterocycles. The first-order valence-electron chi connectivity index (χ1n) is 10.2. The minimum absolute atomic E-state index is 0.192. The molecule has 4 rings (SSSR count). The average molecular weight is 462 g/mol. The molecule has 0 fully saturated rings. The zero-order valence-electron chi connectivity index (χ0n) is 18.4. The van der Waals surface area contributed by atoms with Gasteiger partial charge in [-0.3, -0.25) is 4.79 Å². The van der Waals surface area contributed by atoms with Gasteiger partial charge in [0.1, 0.15) is 5.75 Å². The average Bonchev–Trinajstić information content (AvgIpc) is 3.18. The Morgan fingerprint density at radius 3 is 2.42 bits per heavy atom. The molecule has 0 spiro atoms. The van der Waals surface area contributed by atoms with Gasteiger partial charge in [0.2, 0.25) is 0 Å². The summed E-state index contributed by atoms with van der Waals surface area (Å²) in [5, 5.41) is 4.75. The van der Waals surface area contributed by atoms with Crippen LogP contribution in [0.1, 0.15) is 27.0 Å². The van der Waals surface area contributed by atoms with E-state index in [1.54, 1.807) is 48.5 Å². The largest absolute Gasteiger partial charge is 0.496 e. The van der Waals surface area contributed by atoms with Gasteiger partial charge in [0, 0.05) is 17.1 Å². The standard InChI is InChI=1S/C25H23N3O4S/c1-17-8-11-20(12-9-17)33(30,31)28-16-19(21-6-4-5-7-23(21)28)15-26-27-25(29)22-13-10-18(2)14-24(22)32-3/h4-16H,1-3H3,(H,27,29). The predicted octanol–water partition coefficient (Wildman–Crippen LogP) is 4.27. The van der Waals surface area contributed by atoms with Gasteiger partial charge in [-0.1, -0.05) is 42.0 Å². The highest BCUT2D eigenvalue weighted by Gasteiger charge is 2.20. The SMILES string of the molecule is COc1cc(C)ccc1C(=O)NN=Cc1cn(S(=O)(=O)c2ccc(C)cc2)c2ccccc12. The Bertz CT molecular complexity index is 1470. The van der Waals surface area contributed by atoms with E-state index < -0.39 is 15.9 Å². The summed E-state index contributed by atoms with van der Waals surface area (Å²) in [5.41, 5.74) is 5.85. The highest BCUT2D eigenvalue weighted by Crippen LogP contribution is 2.25. The summed E-state index contributed by atoms with van der Waals surface area (Å²) in [6.45, 7) is 3.80. The summed E-state index contributed by atoms with van der Waals surface area (Å²) >= 11 is 0. The van der Waals surface area contributed by atoms with Crippen molar-refractivity contribution in [3.05, 3.63) is 95.2 Å². The number of amides is 1. The van der Waals surface area contributed by atoms with Gasteiger partial charge < -0.3 is 4.74 Å². The van der Waals surface area contributed by atoms with Crippen LogP contribution in [0.5, 0.6) is 5.75 Å². The fourth-order valence-electron chi connectivity index (χ4n) is 3.51. The maximum Gasteiger partial charge on any atom is 0.275 e. The number of nitrogens with zero attached hydrogens (tertiary/aromatic N) is 2. The van der Waals surface area contributed by atoms with Crippen molar-refractivity contribution in [2.45, 2.75) is 18.7 Å². The Balaban J connectivity index is 1.66. The number of benzene rings is 3.